The van der Waals surface area contributed by atoms with Gasteiger partial charge in [0.2, 0.25) is 0 Å². The minimum absolute atomic E-state index is 0.0879. The number of aliphatic hydroxyl groups is 1. The van der Waals surface area contributed by atoms with Gasteiger partial charge >= 0.3 is 0 Å². The Morgan fingerprint density at radius 1 is 1.30 bits per heavy atom. The molecule has 3 aromatic rings. The van der Waals surface area contributed by atoms with Gasteiger partial charge in [-0.25, -0.2) is 0 Å². The molecule has 2 fully saturated rings. The van der Waals surface area contributed by atoms with Crippen LogP contribution in [0.15, 0.2) is 27.5 Å². The first-order valence-electron chi connectivity index (χ1n) is 10.5. The van der Waals surface area contributed by atoms with Crippen LogP contribution in [0.5, 0.6) is 0 Å². The van der Waals surface area contributed by atoms with Gasteiger partial charge in [0.05, 0.1) is 10.5 Å². The van der Waals surface area contributed by atoms with Crippen LogP contribution in [-0.4, -0.2) is 32.4 Å². The Bertz CT molecular complexity index is 1210. The van der Waals surface area contributed by atoms with Crippen LogP contribution < -0.4 is 10.9 Å². The van der Waals surface area contributed by atoms with Gasteiger partial charge < -0.3 is 19.5 Å². The molecule has 8 heteroatoms. The number of hydrogen-bond donors (Lipinski definition) is 2. The third kappa shape index (κ3) is 3.11. The largest absolute Gasteiger partial charge is 0.380 e. The smallest absolute Gasteiger partial charge is 0.264 e. The molecule has 2 unspecified atom stereocenters. The van der Waals surface area contributed by atoms with Crippen molar-refractivity contribution in [3.8, 4) is 0 Å². The number of benzene rings is 1. The highest BCUT2D eigenvalue weighted by Crippen LogP contribution is 2.37. The Hall–Kier alpha value is -2.38. The maximum absolute atomic E-state index is 13.5. The number of carbonyl (C=O) groups excluding carboxylic acids is 1. The molecule has 1 aromatic carbocycles. The number of aromatic nitrogens is 2. The minimum Gasteiger partial charge on any atom is -0.380 e. The van der Waals surface area contributed by atoms with E-state index in [9.17, 15) is 14.7 Å². The molecule has 2 aliphatic carbocycles. The Balaban J connectivity index is 1.61. The average Bonchev–Trinajstić information content (AvgIpc) is 3.41. The predicted molar refractivity (Wildman–Crippen MR) is 114 cm³/mol. The maximum atomic E-state index is 13.5. The lowest BCUT2D eigenvalue weighted by molar-refractivity contribution is -0.132. The van der Waals surface area contributed by atoms with Gasteiger partial charge in [-0.05, 0) is 51.2 Å². The highest BCUT2D eigenvalue weighted by molar-refractivity contribution is 6.37. The number of rotatable bonds is 3. The minimum atomic E-state index is -1.20. The Morgan fingerprint density at radius 3 is 2.83 bits per heavy atom. The van der Waals surface area contributed by atoms with E-state index >= 15 is 0 Å². The number of carbonyl (C=O) groups is 1. The van der Waals surface area contributed by atoms with Crippen molar-refractivity contribution < 1.29 is 14.4 Å². The molecule has 30 heavy (non-hydrogen) atoms. The second-order valence-electron chi connectivity index (χ2n) is 8.65. The van der Waals surface area contributed by atoms with Crippen LogP contribution in [0, 0.1) is 6.92 Å². The second kappa shape index (κ2) is 7.10. The van der Waals surface area contributed by atoms with Crippen LogP contribution in [0.25, 0.3) is 21.8 Å². The molecule has 7 nitrogen and oxygen atoms in total. The lowest BCUT2D eigenvalue weighted by Gasteiger charge is -2.25. The number of nitrogens with zero attached hydrogens (tertiary/aromatic N) is 2. The lowest BCUT2D eigenvalue weighted by Crippen LogP contribution is -2.43. The summed E-state index contributed by atoms with van der Waals surface area (Å²) in [6, 6.07) is 5.32. The van der Waals surface area contributed by atoms with E-state index in [4.69, 9.17) is 16.1 Å². The standard InChI is InChI=1S/C22H24ClN3O4/c1-12-17-19(25-30-12)18-15(23)7-4-8-16(18)26(20(17)27)14-6-3-2-5-13(11-14)24-21(28)22(29)9-10-22/h4,7-8,13-14,29H,2-3,5-6,9-11H2,1H3,(H,24,28). The molecule has 0 saturated heterocycles. The van der Waals surface area contributed by atoms with Crippen molar-refractivity contribution in [1.29, 1.82) is 0 Å². The van der Waals surface area contributed by atoms with Gasteiger partial charge in [0.15, 0.2) is 0 Å². The summed E-state index contributed by atoms with van der Waals surface area (Å²) >= 11 is 6.51. The highest BCUT2D eigenvalue weighted by atomic mass is 35.5. The van der Waals surface area contributed by atoms with Crippen LogP contribution in [0.2, 0.25) is 5.02 Å². The third-order valence-electron chi connectivity index (χ3n) is 6.53. The first-order valence-corrected chi connectivity index (χ1v) is 10.9. The zero-order chi connectivity index (χ0) is 21.0. The van der Waals surface area contributed by atoms with Crippen molar-refractivity contribution in [2.24, 2.45) is 0 Å². The van der Waals surface area contributed by atoms with Crippen molar-refractivity contribution in [2.45, 2.75) is 69.6 Å². The van der Waals surface area contributed by atoms with E-state index in [1.54, 1.807) is 13.0 Å². The molecular formula is C22H24ClN3O4. The van der Waals surface area contributed by atoms with Gasteiger partial charge in [0, 0.05) is 17.5 Å². The zero-order valence-electron chi connectivity index (χ0n) is 16.8. The van der Waals surface area contributed by atoms with E-state index < -0.39 is 5.60 Å². The summed E-state index contributed by atoms with van der Waals surface area (Å²) in [4.78, 5) is 25.9. The topological polar surface area (TPSA) is 97.4 Å². The fraction of sp³-hybridized carbons (Fsp3) is 0.500. The number of halogens is 1. The van der Waals surface area contributed by atoms with Crippen molar-refractivity contribution in [2.75, 3.05) is 0 Å². The Kier molecular flexibility index (Phi) is 4.63. The summed E-state index contributed by atoms with van der Waals surface area (Å²) in [6.45, 7) is 1.73. The normalized spacial score (nSPS) is 23.4. The zero-order valence-corrected chi connectivity index (χ0v) is 17.5. The predicted octanol–water partition coefficient (Wildman–Crippen LogP) is 3.62. The van der Waals surface area contributed by atoms with Gasteiger partial charge in [0.25, 0.3) is 11.5 Å². The lowest BCUT2D eigenvalue weighted by atomic mass is 10.0. The molecular weight excluding hydrogens is 406 g/mol. The number of fused-ring (bicyclic) bond motifs is 3. The van der Waals surface area contributed by atoms with Crippen molar-refractivity contribution in [3.63, 3.8) is 0 Å². The molecule has 2 aliphatic rings. The van der Waals surface area contributed by atoms with Crippen LogP contribution in [0.4, 0.5) is 0 Å². The Morgan fingerprint density at radius 2 is 2.07 bits per heavy atom. The van der Waals surface area contributed by atoms with Gasteiger partial charge in [0.1, 0.15) is 22.3 Å². The molecule has 0 radical (unpaired) electrons. The summed E-state index contributed by atoms with van der Waals surface area (Å²) in [5.41, 5.74) is -0.122. The summed E-state index contributed by atoms with van der Waals surface area (Å²) < 4.78 is 7.15. The average molecular weight is 430 g/mol. The van der Waals surface area contributed by atoms with Crippen molar-refractivity contribution in [3.05, 3.63) is 39.3 Å². The quantitative estimate of drug-likeness (QED) is 0.620. The van der Waals surface area contributed by atoms with Gasteiger partial charge in [-0.2, -0.15) is 0 Å². The molecule has 2 heterocycles. The molecule has 2 aromatic heterocycles. The molecule has 0 spiro atoms. The van der Waals surface area contributed by atoms with Crippen LogP contribution >= 0.6 is 11.6 Å². The molecule has 158 valence electrons. The second-order valence-corrected chi connectivity index (χ2v) is 9.05. The van der Waals surface area contributed by atoms with E-state index in [0.29, 0.717) is 46.3 Å². The molecule has 5 rings (SSSR count). The van der Waals surface area contributed by atoms with Gasteiger partial charge in [-0.3, -0.25) is 9.59 Å². The Labute approximate surface area is 178 Å². The molecule has 2 saturated carbocycles. The first kappa shape index (κ1) is 19.6. The number of hydrogen-bond acceptors (Lipinski definition) is 5. The molecule has 0 bridgehead atoms. The third-order valence-corrected chi connectivity index (χ3v) is 6.84. The van der Waals surface area contributed by atoms with E-state index in [2.05, 4.69) is 10.5 Å². The fourth-order valence-electron chi connectivity index (χ4n) is 4.70. The van der Waals surface area contributed by atoms with E-state index in [0.717, 1.165) is 31.2 Å². The van der Waals surface area contributed by atoms with E-state index in [1.807, 2.05) is 16.7 Å². The van der Waals surface area contributed by atoms with E-state index in [1.165, 1.54) is 0 Å². The molecule has 1 amide bonds. The van der Waals surface area contributed by atoms with Gasteiger partial charge in [-0.15, -0.1) is 0 Å². The maximum Gasteiger partial charge on any atom is 0.264 e. The van der Waals surface area contributed by atoms with Crippen LogP contribution in [0.3, 0.4) is 0 Å². The van der Waals surface area contributed by atoms with E-state index in [-0.39, 0.29) is 23.6 Å². The highest BCUT2D eigenvalue weighted by Gasteiger charge is 2.48. The summed E-state index contributed by atoms with van der Waals surface area (Å²) in [6.07, 6.45) is 5.23. The summed E-state index contributed by atoms with van der Waals surface area (Å²) in [5, 5.41) is 18.9. The number of nitrogens with one attached hydrogen (secondary N) is 1. The fourth-order valence-corrected chi connectivity index (χ4v) is 4.96. The summed E-state index contributed by atoms with van der Waals surface area (Å²) in [7, 11) is 0. The molecule has 0 aliphatic heterocycles. The number of amides is 1. The molecule has 2 N–H and O–H groups in total. The number of pyridine rings is 1. The van der Waals surface area contributed by atoms with Crippen molar-refractivity contribution in [1.82, 2.24) is 15.0 Å². The number of aryl methyl sites for hydroxylation is 1. The van der Waals surface area contributed by atoms with Gasteiger partial charge in [-0.1, -0.05) is 35.7 Å². The summed E-state index contributed by atoms with van der Waals surface area (Å²) in [5.74, 6) is 0.179. The first-order chi connectivity index (χ1) is 14.4. The van der Waals surface area contributed by atoms with Crippen LogP contribution in [0.1, 0.15) is 56.7 Å². The molecule has 2 atom stereocenters. The van der Waals surface area contributed by atoms with Crippen molar-refractivity contribution >= 4 is 39.3 Å². The SMILES string of the molecule is Cc1onc2c1c(=O)n(C1CCCCC(NC(=O)C3(O)CC3)C1)c1cccc(Cl)c21. The van der Waals surface area contributed by atoms with Crippen LogP contribution in [-0.2, 0) is 4.79 Å². The monoisotopic (exact) mass is 429 g/mol.